The quantitative estimate of drug-likeness (QED) is 0.544. The molecule has 0 radical (unpaired) electrons. The van der Waals surface area contributed by atoms with Gasteiger partial charge in [0.1, 0.15) is 5.15 Å². The first-order chi connectivity index (χ1) is 8.88. The van der Waals surface area contributed by atoms with Gasteiger partial charge in [0.15, 0.2) is 0 Å². The van der Waals surface area contributed by atoms with Crippen LogP contribution in [-0.4, -0.2) is 13.4 Å². The van der Waals surface area contributed by atoms with Crippen molar-refractivity contribution in [3.05, 3.63) is 49.7 Å². The van der Waals surface area contributed by atoms with Crippen molar-refractivity contribution in [2.45, 2.75) is 4.90 Å². The van der Waals surface area contributed by atoms with Gasteiger partial charge in [-0.25, -0.2) is 13.4 Å². The average molecular weight is 474 g/mol. The van der Waals surface area contributed by atoms with Crippen molar-refractivity contribution < 1.29 is 8.42 Å². The maximum atomic E-state index is 12.1. The number of nitrogens with one attached hydrogen (secondary N) is 1. The first-order valence-electron chi connectivity index (χ1n) is 4.98. The molecule has 1 aromatic heterocycles. The Bertz CT molecular complexity index is 707. The van der Waals surface area contributed by atoms with Gasteiger partial charge in [-0.3, -0.25) is 4.72 Å². The van der Waals surface area contributed by atoms with E-state index in [9.17, 15) is 8.42 Å². The lowest BCUT2D eigenvalue weighted by molar-refractivity contribution is 0.601. The van der Waals surface area contributed by atoms with Crippen LogP contribution in [0.25, 0.3) is 0 Å². The third kappa shape index (κ3) is 3.80. The monoisotopic (exact) mass is 472 g/mol. The molecule has 2 rings (SSSR count). The third-order valence-electron chi connectivity index (χ3n) is 2.17. The maximum absolute atomic E-state index is 12.1. The summed E-state index contributed by atoms with van der Waals surface area (Å²) in [5, 5.41) is 0.275. The van der Waals surface area contributed by atoms with E-state index in [1.165, 1.54) is 6.20 Å². The fraction of sp³-hybridized carbons (Fsp3) is 0. The lowest BCUT2D eigenvalue weighted by Gasteiger charge is -2.08. The smallest absolute Gasteiger partial charge is 0.261 e. The molecule has 0 aliphatic rings. The van der Waals surface area contributed by atoms with E-state index in [1.807, 2.05) is 0 Å². The molecular weight excluding hydrogens is 466 g/mol. The summed E-state index contributed by atoms with van der Waals surface area (Å²) in [4.78, 5) is 4.05. The minimum atomic E-state index is -3.62. The Hall–Kier alpha value is -0.380. The third-order valence-corrected chi connectivity index (χ3v) is 5.42. The number of aromatic nitrogens is 1. The summed E-state index contributed by atoms with van der Waals surface area (Å²) in [5.41, 5.74) is 0.342. The number of halogens is 3. The van der Waals surface area contributed by atoms with Crippen molar-refractivity contribution in [1.82, 2.24) is 4.98 Å². The molecule has 0 bridgehead atoms. The Balaban J connectivity index is 2.30. The highest BCUT2D eigenvalue weighted by molar-refractivity contribution is 14.1. The number of pyridine rings is 1. The lowest BCUT2D eigenvalue weighted by atomic mass is 10.4. The number of nitrogens with zero attached hydrogens (tertiary/aromatic N) is 1. The van der Waals surface area contributed by atoms with Gasteiger partial charge in [0.25, 0.3) is 10.0 Å². The van der Waals surface area contributed by atoms with Crippen molar-refractivity contribution in [3.8, 4) is 0 Å². The Morgan fingerprint density at radius 1 is 1.26 bits per heavy atom. The standard InChI is InChI=1S/C11H7BrClIN2O2S/c12-10-5-8(6-15-11(10)13)16-19(17,18)9-3-1-7(14)2-4-9/h1-6,16H. The van der Waals surface area contributed by atoms with Crippen molar-refractivity contribution in [2.24, 2.45) is 0 Å². The predicted molar refractivity (Wildman–Crippen MR) is 86.9 cm³/mol. The first kappa shape index (κ1) is 15.0. The van der Waals surface area contributed by atoms with E-state index in [0.29, 0.717) is 10.2 Å². The van der Waals surface area contributed by atoms with Gasteiger partial charge in [-0.2, -0.15) is 0 Å². The Morgan fingerprint density at radius 3 is 2.47 bits per heavy atom. The molecule has 4 nitrogen and oxygen atoms in total. The molecule has 0 amide bonds. The molecule has 1 N–H and O–H groups in total. The minimum Gasteiger partial charge on any atom is -0.278 e. The average Bonchev–Trinajstić information content (AvgIpc) is 2.34. The fourth-order valence-corrected chi connectivity index (χ4v) is 3.15. The minimum absolute atomic E-state index is 0.194. The van der Waals surface area contributed by atoms with Crippen molar-refractivity contribution >= 4 is 65.8 Å². The van der Waals surface area contributed by atoms with Crippen LogP contribution >= 0.6 is 50.1 Å². The Kier molecular flexibility index (Phi) is 4.70. The van der Waals surface area contributed by atoms with Gasteiger partial charge in [0, 0.05) is 3.57 Å². The van der Waals surface area contributed by atoms with Gasteiger partial charge >= 0.3 is 0 Å². The maximum Gasteiger partial charge on any atom is 0.261 e. The summed E-state index contributed by atoms with van der Waals surface area (Å²) >= 11 is 11.0. The molecule has 19 heavy (non-hydrogen) atoms. The molecule has 1 aromatic carbocycles. The molecule has 8 heteroatoms. The molecule has 0 fully saturated rings. The van der Waals surface area contributed by atoms with Crippen LogP contribution in [0.5, 0.6) is 0 Å². The van der Waals surface area contributed by atoms with Crippen LogP contribution in [0.3, 0.4) is 0 Å². The predicted octanol–water partition coefficient (Wildman–Crippen LogP) is 3.90. The van der Waals surface area contributed by atoms with Crippen LogP contribution in [0.4, 0.5) is 5.69 Å². The number of rotatable bonds is 3. The van der Waals surface area contributed by atoms with E-state index < -0.39 is 10.0 Å². The second-order valence-electron chi connectivity index (χ2n) is 3.56. The lowest BCUT2D eigenvalue weighted by Crippen LogP contribution is -2.13. The van der Waals surface area contributed by atoms with Gasteiger partial charge in [-0.1, -0.05) is 11.6 Å². The molecule has 0 saturated carbocycles. The van der Waals surface area contributed by atoms with E-state index >= 15 is 0 Å². The molecule has 0 spiro atoms. The fourth-order valence-electron chi connectivity index (χ4n) is 1.30. The number of sulfonamides is 1. The number of anilines is 1. The summed E-state index contributed by atoms with van der Waals surface area (Å²) in [6, 6.07) is 8.10. The van der Waals surface area contributed by atoms with Gasteiger partial charge in [-0.15, -0.1) is 0 Å². The molecule has 1 heterocycles. The van der Waals surface area contributed by atoms with Crippen molar-refractivity contribution in [3.63, 3.8) is 0 Å². The van der Waals surface area contributed by atoms with E-state index in [2.05, 4.69) is 48.2 Å². The van der Waals surface area contributed by atoms with E-state index in [4.69, 9.17) is 11.6 Å². The SMILES string of the molecule is O=S(=O)(Nc1cnc(Cl)c(Br)c1)c1ccc(I)cc1. The van der Waals surface area contributed by atoms with Crippen LogP contribution in [0.15, 0.2) is 45.9 Å². The number of benzene rings is 1. The van der Waals surface area contributed by atoms with Crippen molar-refractivity contribution in [1.29, 1.82) is 0 Å². The summed E-state index contributed by atoms with van der Waals surface area (Å²) in [7, 11) is -3.62. The zero-order valence-electron chi connectivity index (χ0n) is 9.27. The highest BCUT2D eigenvalue weighted by Crippen LogP contribution is 2.24. The molecule has 100 valence electrons. The molecule has 2 aromatic rings. The molecule has 0 aliphatic carbocycles. The number of hydrogen-bond acceptors (Lipinski definition) is 3. The summed E-state index contributed by atoms with van der Waals surface area (Å²) in [6.45, 7) is 0. The van der Waals surface area contributed by atoms with Crippen LogP contribution < -0.4 is 4.72 Å². The molecule has 0 saturated heterocycles. The molecular formula is C11H7BrClIN2O2S. The summed E-state index contributed by atoms with van der Waals surface area (Å²) in [5.74, 6) is 0. The van der Waals surface area contributed by atoms with E-state index in [-0.39, 0.29) is 10.0 Å². The number of hydrogen-bond donors (Lipinski definition) is 1. The van der Waals surface area contributed by atoms with Crippen LogP contribution in [0.1, 0.15) is 0 Å². The second-order valence-corrected chi connectivity index (χ2v) is 7.70. The zero-order chi connectivity index (χ0) is 14.0. The largest absolute Gasteiger partial charge is 0.278 e. The van der Waals surface area contributed by atoms with Crippen molar-refractivity contribution in [2.75, 3.05) is 4.72 Å². The highest BCUT2D eigenvalue weighted by atomic mass is 127. The van der Waals surface area contributed by atoms with Crippen LogP contribution in [0, 0.1) is 3.57 Å². The van der Waals surface area contributed by atoms with Gasteiger partial charge in [0.2, 0.25) is 0 Å². The topological polar surface area (TPSA) is 59.1 Å². The van der Waals surface area contributed by atoms with Gasteiger partial charge in [0.05, 0.1) is 21.3 Å². The summed E-state index contributed by atoms with van der Waals surface area (Å²) in [6.07, 6.45) is 1.36. The molecule has 0 unspecified atom stereocenters. The molecule has 0 atom stereocenters. The Morgan fingerprint density at radius 2 is 1.89 bits per heavy atom. The van der Waals surface area contributed by atoms with Gasteiger partial charge < -0.3 is 0 Å². The van der Waals surface area contributed by atoms with E-state index in [1.54, 1.807) is 30.3 Å². The second kappa shape index (κ2) is 5.94. The van der Waals surface area contributed by atoms with E-state index in [0.717, 1.165) is 3.57 Å². The van der Waals surface area contributed by atoms with Gasteiger partial charge in [-0.05, 0) is 68.9 Å². The normalized spacial score (nSPS) is 11.3. The first-order valence-corrected chi connectivity index (χ1v) is 8.71. The zero-order valence-corrected chi connectivity index (χ0v) is 14.6. The Labute approximate surface area is 137 Å². The summed E-state index contributed by atoms with van der Waals surface area (Å²) < 4.78 is 28.2. The van der Waals surface area contributed by atoms with Crippen LogP contribution in [0.2, 0.25) is 5.15 Å². The highest BCUT2D eigenvalue weighted by Gasteiger charge is 2.14. The van der Waals surface area contributed by atoms with Crippen LogP contribution in [-0.2, 0) is 10.0 Å². The molecule has 0 aliphatic heterocycles.